The first-order valence-corrected chi connectivity index (χ1v) is 10.9. The second-order valence-electron chi connectivity index (χ2n) is 6.93. The molecular formula is C21H22ClN3O2S. The molecule has 1 unspecified atom stereocenters. The fourth-order valence-corrected chi connectivity index (χ4v) is 4.89. The summed E-state index contributed by atoms with van der Waals surface area (Å²) >= 11 is 6.00. The number of nitrogens with one attached hydrogen (secondary N) is 1. The van der Waals surface area contributed by atoms with Crippen molar-refractivity contribution in [3.63, 3.8) is 0 Å². The Morgan fingerprint density at radius 1 is 1.04 bits per heavy atom. The van der Waals surface area contributed by atoms with Crippen molar-refractivity contribution in [1.29, 1.82) is 0 Å². The fraction of sp³-hybridized carbons (Fsp3) is 0.286. The molecule has 1 aromatic heterocycles. The van der Waals surface area contributed by atoms with Crippen molar-refractivity contribution >= 4 is 39.5 Å². The lowest BCUT2D eigenvalue weighted by molar-refractivity contribution is 0.243. The van der Waals surface area contributed by atoms with E-state index in [1.807, 2.05) is 46.8 Å². The van der Waals surface area contributed by atoms with Gasteiger partial charge in [0.25, 0.3) is 0 Å². The van der Waals surface area contributed by atoms with Crippen LogP contribution in [0.2, 0.25) is 5.02 Å². The Hall–Kier alpha value is -2.15. The van der Waals surface area contributed by atoms with Crippen LogP contribution >= 0.6 is 11.6 Å². The molecule has 1 fully saturated rings. The van der Waals surface area contributed by atoms with Gasteiger partial charge in [0.1, 0.15) is 11.0 Å². The average Bonchev–Trinajstić information content (AvgIpc) is 3.15. The number of aromatic nitrogens is 1. The number of carbonyl (C=O) groups is 1. The Morgan fingerprint density at radius 3 is 2.54 bits per heavy atom. The van der Waals surface area contributed by atoms with E-state index in [1.54, 1.807) is 16.8 Å². The van der Waals surface area contributed by atoms with Crippen LogP contribution in [0.3, 0.4) is 0 Å². The highest BCUT2D eigenvalue weighted by Crippen LogP contribution is 2.21. The van der Waals surface area contributed by atoms with E-state index in [0.29, 0.717) is 11.6 Å². The van der Waals surface area contributed by atoms with E-state index in [9.17, 15) is 9.00 Å². The van der Waals surface area contributed by atoms with E-state index >= 15 is 0 Å². The molecule has 4 rings (SSSR count). The number of benzene rings is 2. The Bertz CT molecular complexity index is 1010. The normalized spacial score (nSPS) is 16.2. The number of halogens is 1. The first-order valence-electron chi connectivity index (χ1n) is 9.42. The molecule has 7 heteroatoms. The lowest BCUT2D eigenvalue weighted by Gasteiger charge is -2.25. The second kappa shape index (κ2) is 8.47. The third-order valence-electron chi connectivity index (χ3n) is 4.99. The van der Waals surface area contributed by atoms with E-state index in [2.05, 4.69) is 5.32 Å². The van der Waals surface area contributed by atoms with Crippen molar-refractivity contribution in [2.45, 2.75) is 30.7 Å². The molecule has 0 saturated carbocycles. The number of hydrogen-bond acceptors (Lipinski definition) is 2. The van der Waals surface area contributed by atoms with Gasteiger partial charge in [-0.1, -0.05) is 30.2 Å². The first kappa shape index (κ1) is 19.2. The molecule has 0 bridgehead atoms. The van der Waals surface area contributed by atoms with Crippen molar-refractivity contribution in [3.8, 4) is 0 Å². The summed E-state index contributed by atoms with van der Waals surface area (Å²) in [6, 6.07) is 14.7. The van der Waals surface area contributed by atoms with E-state index in [-0.39, 0.29) is 6.03 Å². The Kier molecular flexibility index (Phi) is 5.80. The van der Waals surface area contributed by atoms with Crippen molar-refractivity contribution in [3.05, 3.63) is 65.3 Å². The van der Waals surface area contributed by atoms with Gasteiger partial charge in [-0.15, -0.1) is 0 Å². The molecule has 0 aliphatic carbocycles. The van der Waals surface area contributed by atoms with Crippen molar-refractivity contribution in [1.82, 2.24) is 14.2 Å². The van der Waals surface area contributed by atoms with Crippen LogP contribution in [0.4, 0.5) is 4.79 Å². The molecule has 0 spiro atoms. The predicted molar refractivity (Wildman–Crippen MR) is 113 cm³/mol. The molecule has 146 valence electrons. The summed E-state index contributed by atoms with van der Waals surface area (Å²) in [6.45, 7) is 2.18. The van der Waals surface area contributed by atoms with Gasteiger partial charge in [-0.2, -0.15) is 0 Å². The van der Waals surface area contributed by atoms with E-state index in [0.717, 1.165) is 47.3 Å². The van der Waals surface area contributed by atoms with Crippen LogP contribution in [0.25, 0.3) is 10.9 Å². The highest BCUT2D eigenvalue weighted by atomic mass is 35.5. The highest BCUT2D eigenvalue weighted by molar-refractivity contribution is 7.82. The molecule has 1 aliphatic rings. The number of amides is 1. The average molecular weight is 416 g/mol. The minimum atomic E-state index is -1.10. The molecule has 1 amide bonds. The molecule has 1 atom stereocenters. The van der Waals surface area contributed by atoms with E-state index in [4.69, 9.17) is 11.6 Å². The quantitative estimate of drug-likeness (QED) is 0.679. The van der Waals surface area contributed by atoms with Gasteiger partial charge in [-0.3, -0.25) is 4.57 Å². The number of piperidine rings is 1. The molecule has 1 saturated heterocycles. The Balaban J connectivity index is 1.39. The highest BCUT2D eigenvalue weighted by Gasteiger charge is 2.17. The van der Waals surface area contributed by atoms with Gasteiger partial charge in [0.2, 0.25) is 0 Å². The summed E-state index contributed by atoms with van der Waals surface area (Å²) in [4.78, 5) is 13.3. The van der Waals surface area contributed by atoms with Crippen LogP contribution in [-0.4, -0.2) is 32.2 Å². The van der Waals surface area contributed by atoms with E-state index < -0.39 is 11.0 Å². The van der Waals surface area contributed by atoms with Gasteiger partial charge >= 0.3 is 6.03 Å². The summed E-state index contributed by atoms with van der Waals surface area (Å²) in [5, 5.41) is 4.49. The molecule has 0 radical (unpaired) electrons. The molecular weight excluding hydrogens is 394 g/mol. The Labute approximate surface area is 171 Å². The van der Waals surface area contributed by atoms with Crippen LogP contribution in [0.1, 0.15) is 24.8 Å². The third-order valence-corrected chi connectivity index (χ3v) is 6.73. The molecule has 3 aromatic rings. The molecule has 5 nitrogen and oxygen atoms in total. The maximum atomic E-state index is 12.6. The monoisotopic (exact) mass is 415 g/mol. The molecule has 1 aliphatic heterocycles. The summed E-state index contributed by atoms with van der Waals surface area (Å²) in [5.41, 5.74) is 1.78. The molecule has 2 aromatic carbocycles. The van der Waals surface area contributed by atoms with Crippen molar-refractivity contribution in [2.24, 2.45) is 0 Å². The SMILES string of the molecule is O=C(NCc1ccc(S(=O)N2CCCCC2)cc1)n1ccc2cc(Cl)ccc21. The van der Waals surface area contributed by atoms with Crippen LogP contribution in [-0.2, 0) is 17.5 Å². The topological polar surface area (TPSA) is 54.3 Å². The van der Waals surface area contributed by atoms with Crippen LogP contribution in [0, 0.1) is 0 Å². The zero-order chi connectivity index (χ0) is 19.5. The minimum absolute atomic E-state index is 0.196. The van der Waals surface area contributed by atoms with Crippen molar-refractivity contribution in [2.75, 3.05) is 13.1 Å². The van der Waals surface area contributed by atoms with Gasteiger partial charge in [0.05, 0.1) is 10.4 Å². The zero-order valence-electron chi connectivity index (χ0n) is 15.4. The number of rotatable bonds is 4. The minimum Gasteiger partial charge on any atom is -0.333 e. The summed E-state index contributed by atoms with van der Waals surface area (Å²) < 4.78 is 16.2. The fourth-order valence-electron chi connectivity index (χ4n) is 3.46. The smallest absolute Gasteiger partial charge is 0.326 e. The van der Waals surface area contributed by atoms with Gasteiger partial charge in [0.15, 0.2) is 0 Å². The number of hydrogen-bond donors (Lipinski definition) is 1. The lowest BCUT2D eigenvalue weighted by Crippen LogP contribution is -2.31. The van der Waals surface area contributed by atoms with Crippen LogP contribution < -0.4 is 5.32 Å². The van der Waals surface area contributed by atoms with Gasteiger partial charge in [-0.25, -0.2) is 13.3 Å². The van der Waals surface area contributed by atoms with Gasteiger partial charge < -0.3 is 5.32 Å². The maximum Gasteiger partial charge on any atom is 0.326 e. The van der Waals surface area contributed by atoms with Gasteiger partial charge in [-0.05, 0) is 54.8 Å². The standard InChI is InChI=1S/C21H22ClN3O2S/c22-18-6-9-20-17(14-18)10-13-25(20)21(26)23-15-16-4-7-19(8-5-16)28(27)24-11-2-1-3-12-24/h4-10,13-14H,1-3,11-12,15H2,(H,23,26). The predicted octanol–water partition coefficient (Wildman–Crippen LogP) is 4.56. The summed E-state index contributed by atoms with van der Waals surface area (Å²) in [7, 11) is -1.10. The second-order valence-corrected chi connectivity index (χ2v) is 8.85. The van der Waals surface area contributed by atoms with Crippen LogP contribution in [0.15, 0.2) is 59.6 Å². The van der Waals surface area contributed by atoms with Crippen molar-refractivity contribution < 1.29 is 9.00 Å². The maximum absolute atomic E-state index is 12.6. The molecule has 1 N–H and O–H groups in total. The third kappa shape index (κ3) is 4.14. The number of fused-ring (bicyclic) bond motifs is 1. The lowest BCUT2D eigenvalue weighted by atomic mass is 10.2. The molecule has 2 heterocycles. The Morgan fingerprint density at radius 2 is 1.79 bits per heavy atom. The van der Waals surface area contributed by atoms with Gasteiger partial charge in [0, 0.05) is 36.2 Å². The summed E-state index contributed by atoms with van der Waals surface area (Å²) in [5.74, 6) is 0. The first-order chi connectivity index (χ1) is 13.6. The van der Waals surface area contributed by atoms with E-state index in [1.165, 1.54) is 6.42 Å². The zero-order valence-corrected chi connectivity index (χ0v) is 17.0. The van der Waals surface area contributed by atoms with Crippen LogP contribution in [0.5, 0.6) is 0 Å². The summed E-state index contributed by atoms with van der Waals surface area (Å²) in [6.07, 6.45) is 5.17. The number of carbonyl (C=O) groups excluding carboxylic acids is 1. The largest absolute Gasteiger partial charge is 0.333 e. The number of nitrogens with zero attached hydrogens (tertiary/aromatic N) is 2. The molecule has 28 heavy (non-hydrogen) atoms.